The number of nitrogens with one attached hydrogen (secondary N) is 2. The van der Waals surface area contributed by atoms with Crippen molar-refractivity contribution in [2.75, 3.05) is 14.2 Å². The highest BCUT2D eigenvalue weighted by Gasteiger charge is 2.63. The molecule has 2 amide bonds. The van der Waals surface area contributed by atoms with Crippen molar-refractivity contribution in [1.82, 2.24) is 10.6 Å². The van der Waals surface area contributed by atoms with E-state index in [-0.39, 0.29) is 11.8 Å². The van der Waals surface area contributed by atoms with E-state index in [4.69, 9.17) is 19.5 Å². The number of carbonyl (C=O) groups is 2. The molecule has 0 saturated heterocycles. The van der Waals surface area contributed by atoms with Gasteiger partial charge in [0.1, 0.15) is 23.2 Å². The smallest absolute Gasteiger partial charge is 0.231 e. The number of rotatable bonds is 8. The van der Waals surface area contributed by atoms with Gasteiger partial charge in [0.2, 0.25) is 11.8 Å². The van der Waals surface area contributed by atoms with Crippen LogP contribution in [0.4, 0.5) is 11.4 Å². The van der Waals surface area contributed by atoms with Crippen molar-refractivity contribution in [2.24, 2.45) is 32.7 Å². The molecule has 4 aliphatic rings. The summed E-state index contributed by atoms with van der Waals surface area (Å²) in [5.74, 6) is 2.97. The Morgan fingerprint density at radius 2 is 0.958 bits per heavy atom. The second-order valence-electron chi connectivity index (χ2n) is 13.5. The lowest BCUT2D eigenvalue weighted by Crippen LogP contribution is -2.62. The Kier molecular flexibility index (Phi) is 8.56. The van der Waals surface area contributed by atoms with Gasteiger partial charge in [-0.15, -0.1) is 0 Å². The Morgan fingerprint density at radius 3 is 1.31 bits per heavy atom. The average molecular weight is 641 g/mol. The van der Waals surface area contributed by atoms with Crippen LogP contribution in [0.15, 0.2) is 119 Å². The van der Waals surface area contributed by atoms with Crippen LogP contribution >= 0.6 is 0 Å². The number of ether oxygens (including phenoxy) is 2. The Bertz CT molecular complexity index is 1690. The summed E-state index contributed by atoms with van der Waals surface area (Å²) < 4.78 is 10.6. The van der Waals surface area contributed by atoms with Crippen LogP contribution in [0.3, 0.4) is 0 Å². The zero-order valence-corrected chi connectivity index (χ0v) is 27.3. The van der Waals surface area contributed by atoms with Crippen molar-refractivity contribution in [3.8, 4) is 11.5 Å². The zero-order valence-electron chi connectivity index (χ0n) is 27.3. The van der Waals surface area contributed by atoms with Gasteiger partial charge in [-0.05, 0) is 98.9 Å². The maximum Gasteiger partial charge on any atom is 0.231 e. The minimum atomic E-state index is -0.656. The van der Waals surface area contributed by atoms with Crippen molar-refractivity contribution >= 4 is 34.9 Å². The topological polar surface area (TPSA) is 101 Å². The Balaban J connectivity index is 1.17. The lowest BCUT2D eigenvalue weighted by Gasteiger charge is -2.60. The van der Waals surface area contributed by atoms with E-state index in [1.165, 1.54) is 0 Å². The molecule has 2 N–H and O–H groups in total. The molecule has 244 valence electrons. The molecular formula is C40H40N4O4. The highest BCUT2D eigenvalue weighted by atomic mass is 16.5. The van der Waals surface area contributed by atoms with Crippen LogP contribution in [-0.2, 0) is 9.59 Å². The van der Waals surface area contributed by atoms with Crippen LogP contribution in [0.25, 0.3) is 0 Å². The van der Waals surface area contributed by atoms with Gasteiger partial charge in [0.05, 0.1) is 36.4 Å². The van der Waals surface area contributed by atoms with Crippen LogP contribution < -0.4 is 20.1 Å². The third-order valence-corrected chi connectivity index (χ3v) is 10.2. The summed E-state index contributed by atoms with van der Waals surface area (Å²) in [4.78, 5) is 38.7. The summed E-state index contributed by atoms with van der Waals surface area (Å²) in [6, 6.07) is 34.3. The van der Waals surface area contributed by atoms with E-state index >= 15 is 0 Å². The fourth-order valence-electron chi connectivity index (χ4n) is 8.37. The number of aliphatic imine (C=N–C) groups is 2. The summed E-state index contributed by atoms with van der Waals surface area (Å²) in [5.41, 5.74) is 1.75. The summed E-state index contributed by atoms with van der Waals surface area (Å²) in [5, 5.41) is 6.49. The van der Waals surface area contributed by atoms with Gasteiger partial charge in [-0.3, -0.25) is 9.59 Å². The number of benzene rings is 4. The Morgan fingerprint density at radius 1 is 0.583 bits per heavy atom. The third kappa shape index (κ3) is 6.35. The second kappa shape index (κ2) is 13.1. The first-order valence-electron chi connectivity index (χ1n) is 16.6. The quantitative estimate of drug-likeness (QED) is 0.155. The fourth-order valence-corrected chi connectivity index (χ4v) is 8.37. The molecule has 48 heavy (non-hydrogen) atoms. The lowest BCUT2D eigenvalue weighted by molar-refractivity contribution is -0.165. The molecule has 4 bridgehead atoms. The van der Waals surface area contributed by atoms with Gasteiger partial charge in [0.15, 0.2) is 0 Å². The molecule has 8 heteroatoms. The van der Waals surface area contributed by atoms with E-state index in [9.17, 15) is 9.59 Å². The van der Waals surface area contributed by atoms with E-state index in [1.54, 1.807) is 14.2 Å². The lowest BCUT2D eigenvalue weighted by atomic mass is 9.43. The number of hydrogen-bond donors (Lipinski definition) is 2. The molecule has 0 aromatic heterocycles. The minimum Gasteiger partial charge on any atom is -0.497 e. The predicted octanol–water partition coefficient (Wildman–Crippen LogP) is 7.38. The molecule has 4 aromatic rings. The van der Waals surface area contributed by atoms with E-state index in [1.807, 2.05) is 109 Å². The summed E-state index contributed by atoms with van der Waals surface area (Å²) in [7, 11) is 3.26. The first kappa shape index (κ1) is 31.4. The number of amidine groups is 2. The van der Waals surface area contributed by atoms with Crippen molar-refractivity contribution in [2.45, 2.75) is 38.5 Å². The number of nitrogens with zero attached hydrogens (tertiary/aromatic N) is 2. The summed E-state index contributed by atoms with van der Waals surface area (Å²) >= 11 is 0. The normalized spacial score (nSPS) is 24.5. The number of methoxy groups -OCH3 is 2. The first-order valence-corrected chi connectivity index (χ1v) is 16.6. The molecule has 0 unspecified atom stereocenters. The molecular weight excluding hydrogens is 600 g/mol. The van der Waals surface area contributed by atoms with Crippen LogP contribution in [-0.4, -0.2) is 37.7 Å². The van der Waals surface area contributed by atoms with Gasteiger partial charge < -0.3 is 20.1 Å². The molecule has 0 atom stereocenters. The van der Waals surface area contributed by atoms with Gasteiger partial charge in [0.25, 0.3) is 0 Å². The van der Waals surface area contributed by atoms with Gasteiger partial charge in [-0.25, -0.2) is 9.98 Å². The maximum atomic E-state index is 14.5. The molecule has 0 spiro atoms. The number of hydrogen-bond acceptors (Lipinski definition) is 6. The van der Waals surface area contributed by atoms with Crippen LogP contribution in [0.1, 0.15) is 49.7 Å². The van der Waals surface area contributed by atoms with Crippen molar-refractivity contribution in [3.63, 3.8) is 0 Å². The molecule has 4 fully saturated rings. The Hall–Kier alpha value is -5.24. The molecule has 4 saturated carbocycles. The second-order valence-corrected chi connectivity index (χ2v) is 13.5. The van der Waals surface area contributed by atoms with Crippen molar-refractivity contribution in [1.29, 1.82) is 0 Å². The summed E-state index contributed by atoms with van der Waals surface area (Å²) in [6.45, 7) is 0. The molecule has 8 nitrogen and oxygen atoms in total. The van der Waals surface area contributed by atoms with Crippen LogP contribution in [0.2, 0.25) is 0 Å². The highest BCUT2D eigenvalue weighted by molar-refractivity contribution is 6.12. The molecule has 4 aliphatic carbocycles. The number of carbonyl (C=O) groups excluding carboxylic acids is 2. The van der Waals surface area contributed by atoms with E-state index < -0.39 is 10.8 Å². The first-order chi connectivity index (χ1) is 23.4. The predicted molar refractivity (Wildman–Crippen MR) is 187 cm³/mol. The maximum absolute atomic E-state index is 14.5. The fraction of sp³-hybridized carbons (Fsp3) is 0.300. The summed E-state index contributed by atoms with van der Waals surface area (Å²) in [6.07, 6.45) is 4.67. The van der Waals surface area contributed by atoms with E-state index in [0.717, 1.165) is 54.7 Å². The highest BCUT2D eigenvalue weighted by Crippen LogP contribution is 2.65. The number of amides is 2. The van der Waals surface area contributed by atoms with Crippen LogP contribution in [0.5, 0.6) is 11.5 Å². The molecule has 4 aromatic carbocycles. The van der Waals surface area contributed by atoms with Crippen LogP contribution in [0, 0.1) is 22.7 Å². The Labute approximate surface area is 281 Å². The van der Waals surface area contributed by atoms with E-state index in [0.29, 0.717) is 41.3 Å². The largest absolute Gasteiger partial charge is 0.497 e. The average Bonchev–Trinajstić information content (AvgIpc) is 3.12. The third-order valence-electron chi connectivity index (χ3n) is 10.2. The minimum absolute atomic E-state index is 0.0555. The zero-order chi connectivity index (χ0) is 33.1. The monoisotopic (exact) mass is 640 g/mol. The SMILES string of the molecule is COc1ccc(N=C(NC(=O)C23CC4CC(C2)CC(C(=O)NC(=Nc2ccc(OC)cc2)c2ccccc2)(C4)C3)c2ccccc2)cc1. The molecule has 0 radical (unpaired) electrons. The van der Waals surface area contributed by atoms with Gasteiger partial charge in [-0.1, -0.05) is 60.7 Å². The van der Waals surface area contributed by atoms with Gasteiger partial charge in [-0.2, -0.15) is 0 Å². The van der Waals surface area contributed by atoms with E-state index in [2.05, 4.69) is 10.6 Å². The van der Waals surface area contributed by atoms with Gasteiger partial charge in [0, 0.05) is 11.1 Å². The van der Waals surface area contributed by atoms with Gasteiger partial charge >= 0.3 is 0 Å². The standard InChI is InChI=1S/C40H40N4O4/c1-47-33-17-13-31(14-18-33)41-35(29-9-5-3-6-10-29)43-37(45)39-22-27-21-28(23-39)25-40(24-27,26-39)38(46)44-36(30-11-7-4-8-12-30)42-32-15-19-34(48-2)20-16-32/h3-20,27-28H,21-26H2,1-2H3,(H,41,43,45)(H,42,44,46). The molecule has 0 heterocycles. The van der Waals surface area contributed by atoms with Crippen molar-refractivity contribution in [3.05, 3.63) is 120 Å². The molecule has 8 rings (SSSR count). The molecule has 0 aliphatic heterocycles. The van der Waals surface area contributed by atoms with Crippen molar-refractivity contribution < 1.29 is 19.1 Å².